The molecule has 2 aromatic heterocycles. The summed E-state index contributed by atoms with van der Waals surface area (Å²) in [6.07, 6.45) is 10.5. The Labute approximate surface area is 125 Å². The van der Waals surface area contributed by atoms with Crippen LogP contribution in [0.2, 0.25) is 0 Å². The summed E-state index contributed by atoms with van der Waals surface area (Å²) >= 11 is 0. The summed E-state index contributed by atoms with van der Waals surface area (Å²) in [6.45, 7) is 3.94. The van der Waals surface area contributed by atoms with Gasteiger partial charge in [-0.2, -0.15) is 4.98 Å². The van der Waals surface area contributed by atoms with Crippen LogP contribution in [-0.4, -0.2) is 31.6 Å². The van der Waals surface area contributed by atoms with Crippen molar-refractivity contribution in [2.24, 2.45) is 0 Å². The van der Waals surface area contributed by atoms with Gasteiger partial charge >= 0.3 is 0 Å². The van der Waals surface area contributed by atoms with E-state index in [1.54, 1.807) is 0 Å². The van der Waals surface area contributed by atoms with E-state index in [0.717, 1.165) is 49.8 Å². The highest BCUT2D eigenvalue weighted by Gasteiger charge is 2.27. The maximum absolute atomic E-state index is 5.40. The smallest absolute Gasteiger partial charge is 0.240 e. The van der Waals surface area contributed by atoms with Crippen molar-refractivity contribution >= 4 is 0 Å². The molecule has 0 saturated carbocycles. The molecule has 1 N–H and O–H groups in total. The van der Waals surface area contributed by atoms with Gasteiger partial charge in [0.05, 0.1) is 12.6 Å². The van der Waals surface area contributed by atoms with Crippen LogP contribution >= 0.6 is 0 Å². The summed E-state index contributed by atoms with van der Waals surface area (Å²) in [7, 11) is 0. The van der Waals surface area contributed by atoms with E-state index in [1.807, 2.05) is 12.4 Å². The number of hydrogen-bond acceptors (Lipinski definition) is 5. The minimum absolute atomic E-state index is 0.333. The molecular weight excluding hydrogens is 266 g/mol. The fourth-order valence-corrected chi connectivity index (χ4v) is 2.91. The largest absolute Gasteiger partial charge is 0.347 e. The lowest BCUT2D eigenvalue weighted by molar-refractivity contribution is 0.118. The Kier molecular flexibility index (Phi) is 4.65. The number of piperidine rings is 1. The third-order valence-electron chi connectivity index (χ3n) is 4.05. The van der Waals surface area contributed by atoms with E-state index >= 15 is 0 Å². The highest BCUT2D eigenvalue weighted by molar-refractivity contribution is 4.99. The Morgan fingerprint density at radius 1 is 1.43 bits per heavy atom. The summed E-state index contributed by atoms with van der Waals surface area (Å²) in [6, 6.07) is 0.333. The molecule has 3 heterocycles. The van der Waals surface area contributed by atoms with Crippen LogP contribution in [0.1, 0.15) is 62.6 Å². The fourth-order valence-electron chi connectivity index (χ4n) is 2.91. The maximum atomic E-state index is 5.40. The van der Waals surface area contributed by atoms with Gasteiger partial charge in [0.2, 0.25) is 5.89 Å². The van der Waals surface area contributed by atoms with E-state index in [0.29, 0.717) is 12.6 Å². The molecule has 0 amide bonds. The molecule has 0 radical (unpaired) electrons. The molecule has 114 valence electrons. The number of imidazole rings is 1. The van der Waals surface area contributed by atoms with Crippen LogP contribution in [0.5, 0.6) is 0 Å². The molecule has 1 atom stereocenters. The van der Waals surface area contributed by atoms with Crippen molar-refractivity contribution in [3.05, 3.63) is 29.9 Å². The molecule has 1 aliphatic rings. The second kappa shape index (κ2) is 6.85. The monoisotopic (exact) mass is 289 g/mol. The third kappa shape index (κ3) is 3.50. The van der Waals surface area contributed by atoms with Crippen LogP contribution < -0.4 is 0 Å². The Morgan fingerprint density at radius 2 is 2.38 bits per heavy atom. The summed E-state index contributed by atoms with van der Waals surface area (Å²) in [4.78, 5) is 14.5. The minimum Gasteiger partial charge on any atom is -0.347 e. The van der Waals surface area contributed by atoms with Gasteiger partial charge in [-0.05, 0) is 25.8 Å². The number of H-pyrrole nitrogens is 1. The summed E-state index contributed by atoms with van der Waals surface area (Å²) in [5, 5.41) is 4.07. The van der Waals surface area contributed by atoms with Gasteiger partial charge in [-0.15, -0.1) is 0 Å². The topological polar surface area (TPSA) is 70.8 Å². The van der Waals surface area contributed by atoms with E-state index < -0.39 is 0 Å². The number of hydrogen-bond donors (Lipinski definition) is 1. The molecule has 2 aromatic rings. The zero-order valence-corrected chi connectivity index (χ0v) is 12.6. The van der Waals surface area contributed by atoms with Crippen molar-refractivity contribution in [3.8, 4) is 0 Å². The van der Waals surface area contributed by atoms with Crippen molar-refractivity contribution in [3.63, 3.8) is 0 Å². The van der Waals surface area contributed by atoms with Gasteiger partial charge in [-0.1, -0.05) is 24.9 Å². The van der Waals surface area contributed by atoms with Crippen LogP contribution in [0.3, 0.4) is 0 Å². The lowest BCUT2D eigenvalue weighted by atomic mass is 10.0. The number of nitrogens with one attached hydrogen (secondary N) is 1. The van der Waals surface area contributed by atoms with Crippen molar-refractivity contribution in [2.45, 2.75) is 58.0 Å². The first kappa shape index (κ1) is 14.3. The first-order valence-corrected chi connectivity index (χ1v) is 7.91. The van der Waals surface area contributed by atoms with E-state index in [-0.39, 0.29) is 0 Å². The Hall–Kier alpha value is -1.69. The molecule has 0 bridgehead atoms. The SMILES string of the molecule is CCCCc1noc(CN2CCCC[C@H]2c2ncc[nH]2)n1. The third-order valence-corrected chi connectivity index (χ3v) is 4.05. The summed E-state index contributed by atoms with van der Waals surface area (Å²) < 4.78 is 5.40. The van der Waals surface area contributed by atoms with Crippen LogP contribution in [-0.2, 0) is 13.0 Å². The number of aryl methyl sites for hydroxylation is 1. The number of likely N-dealkylation sites (tertiary alicyclic amines) is 1. The number of unbranched alkanes of at least 4 members (excludes halogenated alkanes) is 1. The maximum Gasteiger partial charge on any atom is 0.240 e. The number of nitrogens with zero attached hydrogens (tertiary/aromatic N) is 4. The predicted octanol–water partition coefficient (Wildman–Crippen LogP) is 2.86. The molecular formula is C15H23N5O. The Morgan fingerprint density at radius 3 is 3.19 bits per heavy atom. The lowest BCUT2D eigenvalue weighted by Crippen LogP contribution is -2.33. The van der Waals surface area contributed by atoms with Crippen molar-refractivity contribution in [1.29, 1.82) is 0 Å². The summed E-state index contributed by atoms with van der Waals surface area (Å²) in [5.74, 6) is 2.60. The predicted molar refractivity (Wildman–Crippen MR) is 78.5 cm³/mol. The van der Waals surface area contributed by atoms with Gasteiger partial charge in [0.15, 0.2) is 5.82 Å². The van der Waals surface area contributed by atoms with Crippen molar-refractivity contribution in [2.75, 3.05) is 6.54 Å². The average molecular weight is 289 g/mol. The molecule has 6 heteroatoms. The van der Waals surface area contributed by atoms with Crippen molar-refractivity contribution in [1.82, 2.24) is 25.0 Å². The van der Waals surface area contributed by atoms with Gasteiger partial charge in [-0.25, -0.2) is 4.98 Å². The number of rotatable bonds is 6. The van der Waals surface area contributed by atoms with Crippen molar-refractivity contribution < 1.29 is 4.52 Å². The number of aromatic amines is 1. The molecule has 1 aliphatic heterocycles. The van der Waals surface area contributed by atoms with Crippen LogP contribution in [0, 0.1) is 0 Å². The fraction of sp³-hybridized carbons (Fsp3) is 0.667. The number of aromatic nitrogens is 4. The zero-order chi connectivity index (χ0) is 14.5. The van der Waals surface area contributed by atoms with Gasteiger partial charge in [0, 0.05) is 18.8 Å². The quantitative estimate of drug-likeness (QED) is 0.885. The molecule has 0 aromatic carbocycles. The average Bonchev–Trinajstić information content (AvgIpc) is 3.17. The molecule has 1 saturated heterocycles. The second-order valence-corrected chi connectivity index (χ2v) is 5.66. The molecule has 3 rings (SSSR count). The zero-order valence-electron chi connectivity index (χ0n) is 12.6. The van der Waals surface area contributed by atoms with Gasteiger partial charge in [-0.3, -0.25) is 4.90 Å². The standard InChI is InChI=1S/C15H23N5O/c1-2-3-7-13-18-14(21-19-13)11-20-10-5-4-6-12(20)15-16-8-9-17-15/h8-9,12H,2-7,10-11H2,1H3,(H,16,17)/t12-/m0/s1. The second-order valence-electron chi connectivity index (χ2n) is 5.66. The first-order valence-electron chi connectivity index (χ1n) is 7.91. The van der Waals surface area contributed by atoms with Gasteiger partial charge in [0.1, 0.15) is 5.82 Å². The lowest BCUT2D eigenvalue weighted by Gasteiger charge is -2.33. The Bertz CT molecular complexity index is 536. The van der Waals surface area contributed by atoms with E-state index in [4.69, 9.17) is 4.52 Å². The van der Waals surface area contributed by atoms with E-state index in [2.05, 4.69) is 31.9 Å². The molecule has 0 spiro atoms. The molecule has 6 nitrogen and oxygen atoms in total. The molecule has 0 unspecified atom stereocenters. The van der Waals surface area contributed by atoms with E-state index in [1.165, 1.54) is 12.8 Å². The highest BCUT2D eigenvalue weighted by atomic mass is 16.5. The molecule has 0 aliphatic carbocycles. The minimum atomic E-state index is 0.333. The summed E-state index contributed by atoms with van der Waals surface area (Å²) in [5.41, 5.74) is 0. The van der Waals surface area contributed by atoms with Gasteiger partial charge < -0.3 is 9.51 Å². The van der Waals surface area contributed by atoms with Crippen LogP contribution in [0.15, 0.2) is 16.9 Å². The Balaban J connectivity index is 1.65. The van der Waals surface area contributed by atoms with Crippen LogP contribution in [0.25, 0.3) is 0 Å². The van der Waals surface area contributed by atoms with E-state index in [9.17, 15) is 0 Å². The van der Waals surface area contributed by atoms with Crippen LogP contribution in [0.4, 0.5) is 0 Å². The first-order chi connectivity index (χ1) is 10.4. The molecule has 21 heavy (non-hydrogen) atoms. The molecule has 1 fully saturated rings. The normalized spacial score (nSPS) is 20.0. The highest BCUT2D eigenvalue weighted by Crippen LogP contribution is 2.29. The van der Waals surface area contributed by atoms with Gasteiger partial charge in [0.25, 0.3) is 0 Å².